The van der Waals surface area contributed by atoms with Crippen molar-refractivity contribution in [3.05, 3.63) is 64.7 Å². The van der Waals surface area contributed by atoms with Gasteiger partial charge in [0.2, 0.25) is 0 Å². The fraction of sp³-hybridized carbons (Fsp3) is 0.381. The van der Waals surface area contributed by atoms with Crippen molar-refractivity contribution in [3.63, 3.8) is 0 Å². The van der Waals surface area contributed by atoms with Crippen molar-refractivity contribution in [1.29, 1.82) is 0 Å². The fourth-order valence-electron chi connectivity index (χ4n) is 2.24. The predicted molar refractivity (Wildman–Crippen MR) is 116 cm³/mol. The van der Waals surface area contributed by atoms with Crippen molar-refractivity contribution in [1.82, 2.24) is 5.09 Å². The average Bonchev–Trinajstić information content (AvgIpc) is 2.72. The van der Waals surface area contributed by atoms with Crippen LogP contribution in [0.5, 0.6) is 11.5 Å². The molecule has 31 heavy (non-hydrogen) atoms. The largest absolute Gasteiger partial charge is 0.513 e. The smallest absolute Gasteiger partial charge is 0.464 e. The van der Waals surface area contributed by atoms with E-state index in [1.54, 1.807) is 30.3 Å². The van der Waals surface area contributed by atoms with Gasteiger partial charge in [0.1, 0.15) is 17.5 Å². The summed E-state index contributed by atoms with van der Waals surface area (Å²) in [5.74, 6) is -0.274. The zero-order chi connectivity index (χ0) is 23.1. The molecule has 0 aliphatic carbocycles. The first-order valence-corrected chi connectivity index (χ1v) is 11.3. The number of hydrogen-bond acceptors (Lipinski definition) is 7. The van der Waals surface area contributed by atoms with Crippen LogP contribution in [0.4, 0.5) is 5.69 Å². The minimum Gasteiger partial charge on any atom is -0.464 e. The number of esters is 1. The number of para-hydroxylation sites is 1. The highest BCUT2D eigenvalue weighted by Crippen LogP contribution is 2.45. The Balaban J connectivity index is 2.18. The van der Waals surface area contributed by atoms with Gasteiger partial charge in [-0.05, 0) is 43.0 Å². The van der Waals surface area contributed by atoms with E-state index in [0.717, 1.165) is 6.42 Å². The average molecular weight is 450 g/mol. The monoisotopic (exact) mass is 450 g/mol. The minimum atomic E-state index is -4.10. The van der Waals surface area contributed by atoms with E-state index in [2.05, 4.69) is 5.09 Å². The van der Waals surface area contributed by atoms with Crippen molar-refractivity contribution in [2.45, 2.75) is 40.2 Å². The normalized spacial score (nSPS) is 14.2. The third-order valence-electron chi connectivity index (χ3n) is 4.51. The molecular formula is C21H27N2O7P. The Hall–Kier alpha value is -2.90. The molecule has 9 nitrogen and oxygen atoms in total. The van der Waals surface area contributed by atoms with E-state index >= 15 is 0 Å². The first-order chi connectivity index (χ1) is 14.5. The van der Waals surface area contributed by atoms with Gasteiger partial charge in [-0.3, -0.25) is 14.9 Å². The van der Waals surface area contributed by atoms with Crippen LogP contribution in [0.25, 0.3) is 0 Å². The second kappa shape index (κ2) is 10.4. The van der Waals surface area contributed by atoms with Gasteiger partial charge in [-0.15, -0.1) is 0 Å². The van der Waals surface area contributed by atoms with Gasteiger partial charge in [0.05, 0.1) is 11.5 Å². The molecule has 0 fully saturated rings. The number of nitro groups is 1. The number of rotatable bonds is 11. The van der Waals surface area contributed by atoms with E-state index in [4.69, 9.17) is 13.8 Å². The van der Waals surface area contributed by atoms with Crippen molar-refractivity contribution in [2.75, 3.05) is 6.61 Å². The lowest BCUT2D eigenvalue weighted by atomic mass is 9.92. The predicted octanol–water partition coefficient (Wildman–Crippen LogP) is 5.12. The Morgan fingerprint density at radius 2 is 1.65 bits per heavy atom. The standard InChI is InChI=1S/C21H27N2O7P/c1-5-21(3,4)15-28-20(24)16(2)22-31(27,29-18-9-7-6-8-10-18)30-19-13-11-17(12-14-19)23(25)26/h6-14,16H,5,15H2,1-4H3,(H,22,27)/t16-,31?/m0/s1. The van der Waals surface area contributed by atoms with Crippen LogP contribution < -0.4 is 14.1 Å². The maximum atomic E-state index is 13.4. The Labute approximate surface area is 181 Å². The van der Waals surface area contributed by atoms with E-state index in [9.17, 15) is 19.5 Å². The summed E-state index contributed by atoms with van der Waals surface area (Å²) in [4.78, 5) is 22.7. The molecule has 10 heteroatoms. The number of hydrogen-bond donors (Lipinski definition) is 1. The maximum absolute atomic E-state index is 13.4. The zero-order valence-corrected chi connectivity index (χ0v) is 18.8. The molecule has 0 spiro atoms. The van der Waals surface area contributed by atoms with Crippen molar-refractivity contribution in [3.8, 4) is 11.5 Å². The van der Waals surface area contributed by atoms with E-state index < -0.39 is 24.7 Å². The first-order valence-electron chi connectivity index (χ1n) is 9.77. The van der Waals surface area contributed by atoms with Crippen LogP contribution in [-0.4, -0.2) is 23.5 Å². The molecule has 1 unspecified atom stereocenters. The number of ether oxygens (including phenoxy) is 1. The van der Waals surface area contributed by atoms with Crippen LogP contribution in [-0.2, 0) is 14.1 Å². The molecule has 0 bridgehead atoms. The van der Waals surface area contributed by atoms with Gasteiger partial charge in [0, 0.05) is 12.1 Å². The summed E-state index contributed by atoms with van der Waals surface area (Å²) in [7, 11) is -4.10. The molecule has 2 rings (SSSR count). The van der Waals surface area contributed by atoms with Gasteiger partial charge in [0.25, 0.3) is 5.69 Å². The summed E-state index contributed by atoms with van der Waals surface area (Å²) >= 11 is 0. The molecule has 0 saturated carbocycles. The number of nitro benzene ring substituents is 1. The fourth-order valence-corrected chi connectivity index (χ4v) is 3.76. The second-order valence-corrected chi connectivity index (χ2v) is 9.34. The minimum absolute atomic E-state index is 0.0741. The van der Waals surface area contributed by atoms with Crippen molar-refractivity contribution < 1.29 is 28.1 Å². The number of nitrogens with zero attached hydrogens (tertiary/aromatic N) is 1. The highest BCUT2D eigenvalue weighted by atomic mass is 31.2. The highest BCUT2D eigenvalue weighted by molar-refractivity contribution is 7.52. The van der Waals surface area contributed by atoms with Gasteiger partial charge in [-0.1, -0.05) is 39.0 Å². The molecule has 2 aromatic rings. The number of non-ortho nitro benzene ring substituents is 1. The number of nitrogens with one attached hydrogen (secondary N) is 1. The molecule has 2 atom stereocenters. The molecule has 1 N–H and O–H groups in total. The first kappa shape index (κ1) is 24.4. The van der Waals surface area contributed by atoms with Crippen LogP contribution in [0.3, 0.4) is 0 Å². The Kier molecular flexibility index (Phi) is 8.19. The summed E-state index contributed by atoms with van der Waals surface area (Å²) in [6.45, 7) is 7.64. The quantitative estimate of drug-likeness (QED) is 0.217. The summed E-state index contributed by atoms with van der Waals surface area (Å²) < 4.78 is 29.9. The van der Waals surface area contributed by atoms with E-state index in [0.29, 0.717) is 0 Å². The lowest BCUT2D eigenvalue weighted by Crippen LogP contribution is -2.37. The van der Waals surface area contributed by atoms with Crippen LogP contribution in [0.1, 0.15) is 34.1 Å². The molecule has 0 heterocycles. The van der Waals surface area contributed by atoms with Crippen molar-refractivity contribution >= 4 is 19.4 Å². The van der Waals surface area contributed by atoms with Crippen LogP contribution in [0.2, 0.25) is 0 Å². The van der Waals surface area contributed by atoms with Gasteiger partial charge in [-0.25, -0.2) is 4.57 Å². The number of carbonyl (C=O) groups excluding carboxylic acids is 1. The molecule has 0 aliphatic heterocycles. The second-order valence-electron chi connectivity index (χ2n) is 7.72. The molecule has 0 aliphatic rings. The van der Waals surface area contributed by atoms with Crippen molar-refractivity contribution in [2.24, 2.45) is 5.41 Å². The zero-order valence-electron chi connectivity index (χ0n) is 17.9. The van der Waals surface area contributed by atoms with Gasteiger partial charge in [0.15, 0.2) is 0 Å². The number of carbonyl (C=O) groups is 1. The Morgan fingerprint density at radius 3 is 2.16 bits per heavy atom. The molecule has 0 aromatic heterocycles. The summed E-state index contributed by atoms with van der Waals surface area (Å²) in [6, 6.07) is 12.3. The topological polar surface area (TPSA) is 117 Å². The number of benzene rings is 2. The molecule has 2 aromatic carbocycles. The van der Waals surface area contributed by atoms with Crippen LogP contribution >= 0.6 is 7.75 Å². The summed E-state index contributed by atoms with van der Waals surface area (Å²) in [6.07, 6.45) is 0.820. The van der Waals surface area contributed by atoms with E-state index in [1.165, 1.54) is 31.2 Å². The van der Waals surface area contributed by atoms with Gasteiger partial charge in [-0.2, -0.15) is 5.09 Å². The molecule has 168 valence electrons. The van der Waals surface area contributed by atoms with E-state index in [-0.39, 0.29) is 29.2 Å². The maximum Gasteiger partial charge on any atom is 0.513 e. The summed E-state index contributed by atoms with van der Waals surface area (Å²) in [5.41, 5.74) is -0.330. The Morgan fingerprint density at radius 1 is 1.10 bits per heavy atom. The highest BCUT2D eigenvalue weighted by Gasteiger charge is 2.34. The molecular weight excluding hydrogens is 423 g/mol. The molecule has 0 saturated heterocycles. The lowest BCUT2D eigenvalue weighted by molar-refractivity contribution is -0.384. The Bertz CT molecular complexity index is 933. The van der Waals surface area contributed by atoms with E-state index in [1.807, 2.05) is 20.8 Å². The van der Waals surface area contributed by atoms with Crippen LogP contribution in [0, 0.1) is 15.5 Å². The summed E-state index contributed by atoms with van der Waals surface area (Å²) in [5, 5.41) is 13.4. The van der Waals surface area contributed by atoms with Gasteiger partial charge < -0.3 is 13.8 Å². The van der Waals surface area contributed by atoms with Crippen LogP contribution in [0.15, 0.2) is 54.6 Å². The van der Waals surface area contributed by atoms with Gasteiger partial charge >= 0.3 is 13.7 Å². The molecule has 0 radical (unpaired) electrons. The lowest BCUT2D eigenvalue weighted by Gasteiger charge is -2.25. The third-order valence-corrected chi connectivity index (χ3v) is 6.12. The third kappa shape index (κ3) is 7.70. The SMILES string of the molecule is CCC(C)(C)COC(=O)[C@H](C)NP(=O)(Oc1ccccc1)Oc1ccc([N+](=O)[O-])cc1. The molecule has 0 amide bonds.